The molecule has 6 nitrogen and oxygen atoms in total. The maximum atomic E-state index is 13.0. The van der Waals surface area contributed by atoms with Gasteiger partial charge in [0.15, 0.2) is 5.11 Å². The standard InChI is InChI=1S/C20H25N3O3S2/c1-15-6-8-16(9-7-15)21-20(27)22-18-14-17(10-11-19(18)26-2)28(24,25)23-12-4-3-5-13-23/h6-11,14H,3-5,12-13H2,1-2H3,(H2,21,22,27). The lowest BCUT2D eigenvalue weighted by molar-refractivity contribution is 0.346. The van der Waals surface area contributed by atoms with Crippen LogP contribution in [0.4, 0.5) is 11.4 Å². The molecule has 8 heteroatoms. The second-order valence-corrected chi connectivity index (χ2v) is 9.12. The highest BCUT2D eigenvalue weighted by Gasteiger charge is 2.26. The van der Waals surface area contributed by atoms with Crippen molar-refractivity contribution in [2.75, 3.05) is 30.8 Å². The third kappa shape index (κ3) is 4.81. The minimum absolute atomic E-state index is 0.232. The average Bonchev–Trinajstić information content (AvgIpc) is 2.70. The lowest BCUT2D eigenvalue weighted by atomic mass is 10.2. The number of nitrogens with zero attached hydrogens (tertiary/aromatic N) is 1. The van der Waals surface area contributed by atoms with E-state index in [-0.39, 0.29) is 4.90 Å². The molecule has 1 aliphatic rings. The van der Waals surface area contributed by atoms with Crippen LogP contribution in [-0.4, -0.2) is 38.0 Å². The summed E-state index contributed by atoms with van der Waals surface area (Å²) in [7, 11) is -2.00. The Morgan fingerprint density at radius 2 is 1.71 bits per heavy atom. The van der Waals surface area contributed by atoms with E-state index in [1.807, 2.05) is 31.2 Å². The maximum Gasteiger partial charge on any atom is 0.243 e. The number of thiocarbonyl (C=S) groups is 1. The van der Waals surface area contributed by atoms with Crippen LogP contribution in [0.15, 0.2) is 47.4 Å². The zero-order valence-corrected chi connectivity index (χ0v) is 17.7. The van der Waals surface area contributed by atoms with Crippen LogP contribution in [0.5, 0.6) is 5.75 Å². The number of aryl methyl sites for hydroxylation is 1. The van der Waals surface area contributed by atoms with E-state index in [1.165, 1.54) is 7.11 Å². The SMILES string of the molecule is COc1ccc(S(=O)(=O)N2CCCCC2)cc1NC(=S)Nc1ccc(C)cc1. The molecule has 150 valence electrons. The van der Waals surface area contributed by atoms with E-state index in [0.29, 0.717) is 29.6 Å². The van der Waals surface area contributed by atoms with E-state index >= 15 is 0 Å². The van der Waals surface area contributed by atoms with Gasteiger partial charge >= 0.3 is 0 Å². The second kappa shape index (κ2) is 8.89. The summed E-state index contributed by atoms with van der Waals surface area (Å²) in [6.45, 7) is 3.13. The first-order chi connectivity index (χ1) is 13.4. The van der Waals surface area contributed by atoms with Gasteiger partial charge in [0.25, 0.3) is 0 Å². The zero-order valence-electron chi connectivity index (χ0n) is 16.1. The van der Waals surface area contributed by atoms with Crippen LogP contribution in [-0.2, 0) is 10.0 Å². The van der Waals surface area contributed by atoms with Gasteiger partial charge < -0.3 is 15.4 Å². The Labute approximate surface area is 171 Å². The van der Waals surface area contributed by atoms with E-state index in [2.05, 4.69) is 10.6 Å². The molecule has 0 bridgehead atoms. The molecule has 0 spiro atoms. The molecule has 0 aliphatic carbocycles. The first kappa shape index (κ1) is 20.6. The Balaban J connectivity index is 1.80. The number of rotatable bonds is 5. The normalized spacial score (nSPS) is 15.1. The smallest absolute Gasteiger partial charge is 0.243 e. The predicted molar refractivity (Wildman–Crippen MR) is 117 cm³/mol. The Hall–Kier alpha value is -2.16. The van der Waals surface area contributed by atoms with Gasteiger partial charge in [0.2, 0.25) is 10.0 Å². The van der Waals surface area contributed by atoms with E-state index in [4.69, 9.17) is 17.0 Å². The van der Waals surface area contributed by atoms with Gasteiger partial charge in [-0.05, 0) is 62.3 Å². The fourth-order valence-corrected chi connectivity index (χ4v) is 4.89. The fraction of sp³-hybridized carbons (Fsp3) is 0.350. The van der Waals surface area contributed by atoms with E-state index in [0.717, 1.165) is 30.5 Å². The van der Waals surface area contributed by atoms with Crippen LogP contribution in [0.25, 0.3) is 0 Å². The van der Waals surface area contributed by atoms with Crippen molar-refractivity contribution in [3.05, 3.63) is 48.0 Å². The van der Waals surface area contributed by atoms with Crippen molar-refractivity contribution in [2.24, 2.45) is 0 Å². The summed E-state index contributed by atoms with van der Waals surface area (Å²) >= 11 is 5.38. The molecule has 0 radical (unpaired) electrons. The van der Waals surface area contributed by atoms with Crippen molar-refractivity contribution >= 4 is 38.7 Å². The first-order valence-electron chi connectivity index (χ1n) is 9.23. The molecule has 28 heavy (non-hydrogen) atoms. The highest BCUT2D eigenvalue weighted by Crippen LogP contribution is 2.30. The first-order valence-corrected chi connectivity index (χ1v) is 11.1. The van der Waals surface area contributed by atoms with Crippen LogP contribution in [0.1, 0.15) is 24.8 Å². The number of anilines is 2. The summed E-state index contributed by atoms with van der Waals surface area (Å²) in [6, 6.07) is 12.6. The lowest BCUT2D eigenvalue weighted by Gasteiger charge is -2.26. The summed E-state index contributed by atoms with van der Waals surface area (Å²) in [4.78, 5) is 0.232. The van der Waals surface area contributed by atoms with Crippen molar-refractivity contribution in [3.63, 3.8) is 0 Å². The van der Waals surface area contributed by atoms with E-state index < -0.39 is 10.0 Å². The van der Waals surface area contributed by atoms with Gasteiger partial charge in [-0.15, -0.1) is 0 Å². The molecule has 0 amide bonds. The minimum Gasteiger partial charge on any atom is -0.495 e. The molecule has 1 fully saturated rings. The van der Waals surface area contributed by atoms with E-state index in [1.54, 1.807) is 22.5 Å². The number of nitrogens with one attached hydrogen (secondary N) is 2. The highest BCUT2D eigenvalue weighted by molar-refractivity contribution is 7.89. The highest BCUT2D eigenvalue weighted by atomic mass is 32.2. The maximum absolute atomic E-state index is 13.0. The molecule has 0 unspecified atom stereocenters. The Kier molecular flexibility index (Phi) is 6.53. The van der Waals surface area contributed by atoms with Gasteiger partial charge in [0.1, 0.15) is 5.75 Å². The van der Waals surface area contributed by atoms with Crippen LogP contribution in [0.3, 0.4) is 0 Å². The summed E-state index contributed by atoms with van der Waals surface area (Å²) in [6.07, 6.45) is 2.86. The largest absolute Gasteiger partial charge is 0.495 e. The zero-order chi connectivity index (χ0) is 20.1. The summed E-state index contributed by atoms with van der Waals surface area (Å²) < 4.78 is 32.8. The molecular weight excluding hydrogens is 394 g/mol. The second-order valence-electron chi connectivity index (χ2n) is 6.77. The van der Waals surface area contributed by atoms with Crippen LogP contribution in [0.2, 0.25) is 0 Å². The third-order valence-electron chi connectivity index (χ3n) is 4.68. The number of ether oxygens (including phenoxy) is 1. The Morgan fingerprint density at radius 1 is 1.04 bits per heavy atom. The molecule has 0 atom stereocenters. The number of hydrogen-bond donors (Lipinski definition) is 2. The molecule has 2 aromatic rings. The third-order valence-corrected chi connectivity index (χ3v) is 6.78. The predicted octanol–water partition coefficient (Wildman–Crippen LogP) is 3.99. The van der Waals surface area contributed by atoms with Crippen LogP contribution >= 0.6 is 12.2 Å². The summed E-state index contributed by atoms with van der Waals surface area (Å²) in [5, 5.41) is 6.50. The van der Waals surface area contributed by atoms with Gasteiger partial charge in [-0.3, -0.25) is 0 Å². The van der Waals surface area contributed by atoms with Crippen molar-refractivity contribution in [3.8, 4) is 5.75 Å². The number of sulfonamides is 1. The molecule has 1 aliphatic heterocycles. The van der Waals surface area contributed by atoms with Crippen molar-refractivity contribution in [1.82, 2.24) is 4.31 Å². The van der Waals surface area contributed by atoms with Gasteiger partial charge in [-0.25, -0.2) is 8.42 Å². The molecule has 1 heterocycles. The topological polar surface area (TPSA) is 70.7 Å². The Bertz CT molecular complexity index is 938. The monoisotopic (exact) mass is 419 g/mol. The van der Waals surface area contributed by atoms with Gasteiger partial charge in [0.05, 0.1) is 17.7 Å². The molecule has 3 rings (SSSR count). The molecule has 0 aromatic heterocycles. The number of methoxy groups -OCH3 is 1. The molecule has 2 N–H and O–H groups in total. The lowest BCUT2D eigenvalue weighted by Crippen LogP contribution is -2.35. The summed E-state index contributed by atoms with van der Waals surface area (Å²) in [5.41, 5.74) is 2.51. The van der Waals surface area contributed by atoms with Gasteiger partial charge in [-0.1, -0.05) is 24.1 Å². The van der Waals surface area contributed by atoms with Gasteiger partial charge in [-0.2, -0.15) is 4.31 Å². The molecule has 0 saturated carbocycles. The number of benzene rings is 2. The minimum atomic E-state index is -3.53. The van der Waals surface area contributed by atoms with Crippen molar-refractivity contribution < 1.29 is 13.2 Å². The summed E-state index contributed by atoms with van der Waals surface area (Å²) in [5.74, 6) is 0.519. The number of piperidine rings is 1. The van der Waals surface area contributed by atoms with Crippen LogP contribution < -0.4 is 15.4 Å². The van der Waals surface area contributed by atoms with Crippen molar-refractivity contribution in [1.29, 1.82) is 0 Å². The van der Waals surface area contributed by atoms with Crippen molar-refractivity contribution in [2.45, 2.75) is 31.1 Å². The van der Waals surface area contributed by atoms with Crippen LogP contribution in [0, 0.1) is 6.92 Å². The molecular formula is C20H25N3O3S2. The average molecular weight is 420 g/mol. The Morgan fingerprint density at radius 3 is 2.36 bits per heavy atom. The molecule has 2 aromatic carbocycles. The number of hydrogen-bond acceptors (Lipinski definition) is 4. The molecule has 1 saturated heterocycles. The van der Waals surface area contributed by atoms with Gasteiger partial charge in [0, 0.05) is 18.8 Å². The fourth-order valence-electron chi connectivity index (χ4n) is 3.12. The quantitative estimate of drug-likeness (QED) is 0.714. The van der Waals surface area contributed by atoms with E-state index in [9.17, 15) is 8.42 Å².